The van der Waals surface area contributed by atoms with E-state index in [1.807, 2.05) is 6.07 Å². The van der Waals surface area contributed by atoms with Gasteiger partial charge in [0.2, 0.25) is 0 Å². The monoisotopic (exact) mass is 272 g/mol. The van der Waals surface area contributed by atoms with Gasteiger partial charge in [0.15, 0.2) is 0 Å². The fraction of sp³-hybridized carbons (Fsp3) is 0.214. The Morgan fingerprint density at radius 1 is 1.20 bits per heavy atom. The predicted molar refractivity (Wildman–Crippen MR) is 69.5 cm³/mol. The summed E-state index contributed by atoms with van der Waals surface area (Å²) in [6.45, 7) is 1.78. The minimum atomic E-state index is -0.745. The maximum Gasteiger partial charge on any atom is 0.341 e. The molecule has 0 N–H and O–H groups in total. The molecule has 0 unspecified atom stereocenters. The fourth-order valence-corrected chi connectivity index (χ4v) is 2.19. The summed E-state index contributed by atoms with van der Waals surface area (Å²) in [7, 11) is 2.41. The average Bonchev–Trinajstić information content (AvgIpc) is 2.81. The Morgan fingerprint density at radius 3 is 2.35 bits per heavy atom. The molecule has 0 amide bonds. The molecule has 0 radical (unpaired) electrons. The van der Waals surface area contributed by atoms with Gasteiger partial charge in [-0.3, -0.25) is 0 Å². The van der Waals surface area contributed by atoms with Crippen LogP contribution in [0, 0.1) is 18.3 Å². The Bertz CT molecular complexity index is 753. The highest BCUT2D eigenvalue weighted by molar-refractivity contribution is 6.10. The highest BCUT2D eigenvalue weighted by Gasteiger charge is 2.30. The summed E-state index contributed by atoms with van der Waals surface area (Å²) in [5.74, 6) is -1.43. The molecule has 102 valence electrons. The Hall–Kier alpha value is -2.81. The standard InChI is InChI=1S/C14H12N2O4/c1-8-5-4-6-16-9(7-15)10(13(17)19-2)11(12(8)16)14(18)20-3/h4-6H,1-3H3. The van der Waals surface area contributed by atoms with Crippen LogP contribution in [0.15, 0.2) is 18.3 Å². The normalized spacial score (nSPS) is 10.1. The number of nitriles is 1. The zero-order valence-corrected chi connectivity index (χ0v) is 11.3. The molecular formula is C14H12N2O4. The zero-order chi connectivity index (χ0) is 14.9. The molecule has 0 saturated carbocycles. The van der Waals surface area contributed by atoms with Crippen LogP contribution in [0.3, 0.4) is 0 Å². The van der Waals surface area contributed by atoms with Gasteiger partial charge in [-0.15, -0.1) is 0 Å². The van der Waals surface area contributed by atoms with Gasteiger partial charge in [0.1, 0.15) is 22.9 Å². The smallest absolute Gasteiger partial charge is 0.341 e. The minimum Gasteiger partial charge on any atom is -0.465 e. The van der Waals surface area contributed by atoms with Crippen LogP contribution in [0.4, 0.5) is 0 Å². The Labute approximate surface area is 115 Å². The lowest BCUT2D eigenvalue weighted by atomic mass is 10.1. The van der Waals surface area contributed by atoms with Gasteiger partial charge in [-0.1, -0.05) is 6.07 Å². The number of pyridine rings is 1. The summed E-state index contributed by atoms with van der Waals surface area (Å²) in [6.07, 6.45) is 1.61. The van der Waals surface area contributed by atoms with Gasteiger partial charge in [-0.2, -0.15) is 5.26 Å². The highest BCUT2D eigenvalue weighted by Crippen LogP contribution is 2.27. The fourth-order valence-electron chi connectivity index (χ4n) is 2.19. The molecule has 0 bridgehead atoms. The van der Waals surface area contributed by atoms with Gasteiger partial charge in [-0.25, -0.2) is 9.59 Å². The van der Waals surface area contributed by atoms with E-state index in [2.05, 4.69) is 4.74 Å². The summed E-state index contributed by atoms with van der Waals surface area (Å²) in [4.78, 5) is 23.9. The Morgan fingerprint density at radius 2 is 1.80 bits per heavy atom. The largest absolute Gasteiger partial charge is 0.465 e. The molecule has 2 heterocycles. The molecule has 0 aromatic carbocycles. The van der Waals surface area contributed by atoms with Crippen molar-refractivity contribution in [1.29, 1.82) is 5.26 Å². The van der Waals surface area contributed by atoms with Gasteiger partial charge in [0.05, 0.1) is 19.7 Å². The first-order chi connectivity index (χ1) is 9.56. The summed E-state index contributed by atoms with van der Waals surface area (Å²) in [5.41, 5.74) is 1.25. The van der Waals surface area contributed by atoms with Crippen LogP contribution in [-0.4, -0.2) is 30.6 Å². The quantitative estimate of drug-likeness (QED) is 0.777. The lowest BCUT2D eigenvalue weighted by Crippen LogP contribution is -2.11. The number of hydrogen-bond acceptors (Lipinski definition) is 5. The first-order valence-electron chi connectivity index (χ1n) is 5.77. The predicted octanol–water partition coefficient (Wildman–Crippen LogP) is 1.69. The molecular weight excluding hydrogens is 260 g/mol. The topological polar surface area (TPSA) is 80.8 Å². The third-order valence-electron chi connectivity index (χ3n) is 3.05. The van der Waals surface area contributed by atoms with Crippen LogP contribution >= 0.6 is 0 Å². The molecule has 2 rings (SSSR count). The minimum absolute atomic E-state index is 0.0500. The SMILES string of the molecule is COC(=O)c1c(C(=O)OC)c2c(C)cccn2c1C#N. The molecule has 0 atom stereocenters. The van der Waals surface area contributed by atoms with Crippen LogP contribution < -0.4 is 0 Å². The van der Waals surface area contributed by atoms with E-state index in [0.717, 1.165) is 5.56 Å². The summed E-state index contributed by atoms with van der Waals surface area (Å²) in [5, 5.41) is 9.29. The van der Waals surface area contributed by atoms with Crippen molar-refractivity contribution >= 4 is 17.5 Å². The third-order valence-corrected chi connectivity index (χ3v) is 3.05. The molecule has 2 aromatic rings. The van der Waals surface area contributed by atoms with Gasteiger partial charge < -0.3 is 13.9 Å². The van der Waals surface area contributed by atoms with E-state index in [1.165, 1.54) is 18.6 Å². The second-order valence-electron chi connectivity index (χ2n) is 4.10. The number of ether oxygens (including phenoxy) is 2. The van der Waals surface area contributed by atoms with E-state index in [9.17, 15) is 14.9 Å². The summed E-state index contributed by atoms with van der Waals surface area (Å²) in [6, 6.07) is 5.44. The first-order valence-corrected chi connectivity index (χ1v) is 5.77. The van der Waals surface area contributed by atoms with Crippen LogP contribution in [0.2, 0.25) is 0 Å². The van der Waals surface area contributed by atoms with Crippen molar-refractivity contribution in [3.05, 3.63) is 40.7 Å². The highest BCUT2D eigenvalue weighted by atomic mass is 16.5. The van der Waals surface area contributed by atoms with Crippen LogP contribution in [-0.2, 0) is 9.47 Å². The number of methoxy groups -OCH3 is 2. The van der Waals surface area contributed by atoms with Crippen LogP contribution in [0.5, 0.6) is 0 Å². The van der Waals surface area contributed by atoms with Crippen molar-refractivity contribution in [2.24, 2.45) is 0 Å². The molecule has 20 heavy (non-hydrogen) atoms. The van der Waals surface area contributed by atoms with Crippen molar-refractivity contribution in [2.75, 3.05) is 14.2 Å². The molecule has 0 fully saturated rings. The Kier molecular flexibility index (Phi) is 3.44. The van der Waals surface area contributed by atoms with E-state index < -0.39 is 11.9 Å². The maximum atomic E-state index is 12.0. The molecule has 6 nitrogen and oxygen atoms in total. The van der Waals surface area contributed by atoms with Crippen LogP contribution in [0.1, 0.15) is 32.0 Å². The number of aromatic nitrogens is 1. The van der Waals surface area contributed by atoms with Crippen molar-refractivity contribution in [3.8, 4) is 6.07 Å². The lowest BCUT2D eigenvalue weighted by Gasteiger charge is -2.03. The second-order valence-corrected chi connectivity index (χ2v) is 4.10. The number of nitrogens with zero attached hydrogens (tertiary/aromatic N) is 2. The van der Waals surface area contributed by atoms with Crippen LogP contribution in [0.25, 0.3) is 5.52 Å². The molecule has 0 aliphatic rings. The van der Waals surface area contributed by atoms with E-state index in [1.54, 1.807) is 25.3 Å². The van der Waals surface area contributed by atoms with Gasteiger partial charge in [-0.05, 0) is 18.6 Å². The molecule has 0 aliphatic heterocycles. The molecule has 6 heteroatoms. The van der Waals surface area contributed by atoms with Crippen molar-refractivity contribution in [1.82, 2.24) is 4.40 Å². The Balaban J connectivity index is 3.02. The van der Waals surface area contributed by atoms with Crippen molar-refractivity contribution in [3.63, 3.8) is 0 Å². The van der Waals surface area contributed by atoms with Gasteiger partial charge in [0.25, 0.3) is 0 Å². The third kappa shape index (κ3) is 1.80. The second kappa shape index (κ2) is 5.05. The number of aryl methyl sites for hydroxylation is 1. The molecule has 0 spiro atoms. The zero-order valence-electron chi connectivity index (χ0n) is 11.3. The molecule has 0 saturated heterocycles. The lowest BCUT2D eigenvalue weighted by molar-refractivity contribution is 0.0557. The molecule has 2 aromatic heterocycles. The van der Waals surface area contributed by atoms with E-state index in [4.69, 9.17) is 4.74 Å². The van der Waals surface area contributed by atoms with E-state index in [0.29, 0.717) is 5.52 Å². The summed E-state index contributed by atoms with van der Waals surface area (Å²) < 4.78 is 10.9. The van der Waals surface area contributed by atoms with Gasteiger partial charge >= 0.3 is 11.9 Å². The number of carbonyl (C=O) groups excluding carboxylic acids is 2. The molecule has 0 aliphatic carbocycles. The maximum absolute atomic E-state index is 12.0. The average molecular weight is 272 g/mol. The number of fused-ring (bicyclic) bond motifs is 1. The van der Waals surface area contributed by atoms with E-state index >= 15 is 0 Å². The van der Waals surface area contributed by atoms with Crippen molar-refractivity contribution in [2.45, 2.75) is 6.92 Å². The number of esters is 2. The van der Waals surface area contributed by atoms with Crippen molar-refractivity contribution < 1.29 is 19.1 Å². The first kappa shape index (κ1) is 13.6. The number of carbonyl (C=O) groups is 2. The number of hydrogen-bond donors (Lipinski definition) is 0. The number of rotatable bonds is 2. The van der Waals surface area contributed by atoms with E-state index in [-0.39, 0.29) is 16.8 Å². The summed E-state index contributed by atoms with van der Waals surface area (Å²) >= 11 is 0. The van der Waals surface area contributed by atoms with Gasteiger partial charge in [0, 0.05) is 6.20 Å².